The predicted molar refractivity (Wildman–Crippen MR) is 131 cm³/mol. The molecule has 6 rings (SSSR count). The van der Waals surface area contributed by atoms with Gasteiger partial charge in [-0.2, -0.15) is 9.50 Å². The van der Waals surface area contributed by atoms with E-state index in [1.807, 2.05) is 24.3 Å². The summed E-state index contributed by atoms with van der Waals surface area (Å²) >= 11 is 1.12. The number of hydrogen-bond donors (Lipinski definition) is 0. The molecular formula is C26H17FN4O3S. The van der Waals surface area contributed by atoms with Gasteiger partial charge in [-0.05, 0) is 36.4 Å². The standard InChI is InChI=1S/C26H17FN4O3S/c1-34-17-12-10-15(11-13-17)23-28-26-31(29-23)25(33)22(35-26)21-18-7-3-5-9-20(18)30(24(21)32)14-16-6-2-4-8-19(16)27/h2-13H,14H2,1H3. The van der Waals surface area contributed by atoms with Gasteiger partial charge in [0.2, 0.25) is 4.96 Å². The fourth-order valence-corrected chi connectivity index (χ4v) is 5.20. The van der Waals surface area contributed by atoms with Crippen molar-refractivity contribution >= 4 is 33.5 Å². The van der Waals surface area contributed by atoms with E-state index in [9.17, 15) is 14.0 Å². The van der Waals surface area contributed by atoms with Gasteiger partial charge in [0, 0.05) is 16.7 Å². The first-order valence-electron chi connectivity index (χ1n) is 10.8. The Labute approximate surface area is 202 Å². The van der Waals surface area contributed by atoms with Gasteiger partial charge in [-0.3, -0.25) is 9.59 Å². The Balaban J connectivity index is 1.47. The zero-order chi connectivity index (χ0) is 24.1. The van der Waals surface area contributed by atoms with Gasteiger partial charge < -0.3 is 9.64 Å². The van der Waals surface area contributed by atoms with Crippen LogP contribution in [0.1, 0.15) is 11.1 Å². The van der Waals surface area contributed by atoms with E-state index in [1.165, 1.54) is 15.5 Å². The molecule has 0 spiro atoms. The van der Waals surface area contributed by atoms with E-state index in [4.69, 9.17) is 4.74 Å². The SMILES string of the molecule is COc1ccc(-c2nc3sc(=C4C(=O)N(Cc5ccccc5F)c5ccccc54)c(=O)n3n2)cc1. The quantitative estimate of drug-likeness (QED) is 0.391. The molecule has 3 heterocycles. The molecule has 35 heavy (non-hydrogen) atoms. The average Bonchev–Trinajstić information content (AvgIpc) is 3.51. The van der Waals surface area contributed by atoms with E-state index in [0.717, 1.165) is 16.9 Å². The summed E-state index contributed by atoms with van der Waals surface area (Å²) in [4.78, 5) is 33.3. The number of halogens is 1. The first-order valence-corrected chi connectivity index (χ1v) is 11.6. The minimum atomic E-state index is -0.414. The largest absolute Gasteiger partial charge is 0.497 e. The summed E-state index contributed by atoms with van der Waals surface area (Å²) in [5.41, 5.74) is 2.27. The monoisotopic (exact) mass is 484 g/mol. The van der Waals surface area contributed by atoms with Crippen molar-refractivity contribution < 1.29 is 13.9 Å². The van der Waals surface area contributed by atoms with Crippen LogP contribution in [0.15, 0.2) is 77.6 Å². The van der Waals surface area contributed by atoms with E-state index >= 15 is 0 Å². The molecule has 2 aromatic heterocycles. The van der Waals surface area contributed by atoms with E-state index in [1.54, 1.807) is 49.6 Å². The number of anilines is 1. The summed E-state index contributed by atoms with van der Waals surface area (Å²) in [6, 6.07) is 20.8. The fourth-order valence-electron chi connectivity index (χ4n) is 4.20. The second-order valence-electron chi connectivity index (χ2n) is 7.97. The molecule has 0 N–H and O–H groups in total. The summed E-state index contributed by atoms with van der Waals surface area (Å²) in [5, 5.41) is 4.38. The second kappa shape index (κ2) is 8.14. The number of hydrogen-bond acceptors (Lipinski definition) is 6. The Kier molecular flexibility index (Phi) is 4.93. The number of methoxy groups -OCH3 is 1. The smallest absolute Gasteiger partial charge is 0.291 e. The van der Waals surface area contributed by atoms with Crippen LogP contribution in [0.5, 0.6) is 5.75 Å². The molecule has 0 atom stereocenters. The Morgan fingerprint density at radius 1 is 0.971 bits per heavy atom. The lowest BCUT2D eigenvalue weighted by molar-refractivity contribution is -0.113. The number of thiazole rings is 1. The number of aromatic nitrogens is 3. The summed E-state index contributed by atoms with van der Waals surface area (Å²) < 4.78 is 21.0. The highest BCUT2D eigenvalue weighted by molar-refractivity contribution is 7.15. The molecule has 9 heteroatoms. The van der Waals surface area contributed by atoms with Crippen molar-refractivity contribution in [2.75, 3.05) is 12.0 Å². The van der Waals surface area contributed by atoms with Crippen LogP contribution in [-0.2, 0) is 11.3 Å². The van der Waals surface area contributed by atoms with Crippen LogP contribution in [0.25, 0.3) is 21.9 Å². The van der Waals surface area contributed by atoms with Crippen LogP contribution in [0.2, 0.25) is 0 Å². The van der Waals surface area contributed by atoms with Gasteiger partial charge in [-0.15, -0.1) is 5.10 Å². The lowest BCUT2D eigenvalue weighted by Crippen LogP contribution is -2.32. The first-order chi connectivity index (χ1) is 17.0. The number of rotatable bonds is 4. The second-order valence-corrected chi connectivity index (χ2v) is 8.95. The van der Waals surface area contributed by atoms with Crippen molar-refractivity contribution in [2.45, 2.75) is 6.54 Å². The number of benzene rings is 3. The highest BCUT2D eigenvalue weighted by Gasteiger charge is 2.34. The zero-order valence-corrected chi connectivity index (χ0v) is 19.3. The Hall–Kier alpha value is -4.37. The number of carbonyl (C=O) groups excluding carboxylic acids is 1. The predicted octanol–water partition coefficient (Wildman–Crippen LogP) is 3.43. The number of ether oxygens (including phenoxy) is 1. The molecule has 0 saturated carbocycles. The number of nitrogens with zero attached hydrogens (tertiary/aromatic N) is 4. The molecule has 3 aromatic carbocycles. The van der Waals surface area contributed by atoms with Crippen LogP contribution in [0, 0.1) is 5.82 Å². The minimum Gasteiger partial charge on any atom is -0.497 e. The summed E-state index contributed by atoms with van der Waals surface area (Å²) in [7, 11) is 1.59. The zero-order valence-electron chi connectivity index (χ0n) is 18.4. The number of carbonyl (C=O) groups is 1. The minimum absolute atomic E-state index is 0.0581. The van der Waals surface area contributed by atoms with Crippen molar-refractivity contribution in [1.82, 2.24) is 14.6 Å². The number of fused-ring (bicyclic) bond motifs is 2. The van der Waals surface area contributed by atoms with Crippen LogP contribution in [0.4, 0.5) is 10.1 Å². The third kappa shape index (κ3) is 3.39. The Bertz CT molecular complexity index is 1730. The van der Waals surface area contributed by atoms with Gasteiger partial charge in [-0.25, -0.2) is 4.39 Å². The van der Waals surface area contributed by atoms with Crippen LogP contribution in [0.3, 0.4) is 0 Å². The molecule has 0 fully saturated rings. The van der Waals surface area contributed by atoms with E-state index in [-0.39, 0.29) is 28.4 Å². The van der Waals surface area contributed by atoms with Crippen LogP contribution in [-0.4, -0.2) is 27.6 Å². The van der Waals surface area contributed by atoms with Crippen molar-refractivity contribution in [3.63, 3.8) is 0 Å². The van der Waals surface area contributed by atoms with Gasteiger partial charge in [0.15, 0.2) is 5.82 Å². The van der Waals surface area contributed by atoms with Crippen molar-refractivity contribution in [2.24, 2.45) is 0 Å². The highest BCUT2D eigenvalue weighted by Crippen LogP contribution is 2.36. The van der Waals surface area contributed by atoms with Crippen molar-refractivity contribution in [3.05, 3.63) is 105 Å². The number of para-hydroxylation sites is 1. The van der Waals surface area contributed by atoms with Gasteiger partial charge in [-0.1, -0.05) is 47.7 Å². The Morgan fingerprint density at radius 2 is 1.71 bits per heavy atom. The van der Waals surface area contributed by atoms with Gasteiger partial charge in [0.25, 0.3) is 11.5 Å². The van der Waals surface area contributed by atoms with Gasteiger partial charge in [0.1, 0.15) is 16.1 Å². The van der Waals surface area contributed by atoms with Crippen LogP contribution < -0.4 is 19.7 Å². The van der Waals surface area contributed by atoms with E-state index in [0.29, 0.717) is 33.3 Å². The molecule has 0 bridgehead atoms. The maximum Gasteiger partial charge on any atom is 0.291 e. The van der Waals surface area contributed by atoms with Crippen molar-refractivity contribution in [1.29, 1.82) is 0 Å². The molecule has 1 amide bonds. The molecule has 0 unspecified atom stereocenters. The highest BCUT2D eigenvalue weighted by atomic mass is 32.1. The van der Waals surface area contributed by atoms with Gasteiger partial charge in [0.05, 0.1) is 24.9 Å². The summed E-state index contributed by atoms with van der Waals surface area (Å²) in [6.45, 7) is 0.0581. The number of amides is 1. The van der Waals surface area contributed by atoms with Crippen molar-refractivity contribution in [3.8, 4) is 17.1 Å². The summed E-state index contributed by atoms with van der Waals surface area (Å²) in [5.74, 6) is 0.371. The maximum atomic E-state index is 14.3. The van der Waals surface area contributed by atoms with Gasteiger partial charge >= 0.3 is 0 Å². The van der Waals surface area contributed by atoms with E-state index in [2.05, 4.69) is 10.1 Å². The molecule has 0 radical (unpaired) electrons. The summed E-state index contributed by atoms with van der Waals surface area (Å²) in [6.07, 6.45) is 0. The molecule has 1 aliphatic heterocycles. The molecular weight excluding hydrogens is 467 g/mol. The molecule has 5 aromatic rings. The topological polar surface area (TPSA) is 76.8 Å². The fraction of sp³-hybridized carbons (Fsp3) is 0.0769. The molecule has 7 nitrogen and oxygen atoms in total. The third-order valence-electron chi connectivity index (χ3n) is 5.94. The van der Waals surface area contributed by atoms with Crippen LogP contribution >= 0.6 is 11.3 Å². The lowest BCUT2D eigenvalue weighted by Gasteiger charge is -2.17. The average molecular weight is 485 g/mol. The molecule has 172 valence electrons. The Morgan fingerprint density at radius 3 is 2.46 bits per heavy atom. The first kappa shape index (κ1) is 21.2. The van der Waals surface area contributed by atoms with E-state index < -0.39 is 5.56 Å². The molecule has 1 aliphatic rings. The third-order valence-corrected chi connectivity index (χ3v) is 6.97. The molecule has 0 aliphatic carbocycles. The normalized spacial score (nSPS) is 14.6. The maximum absolute atomic E-state index is 14.3. The lowest BCUT2D eigenvalue weighted by atomic mass is 10.1. The molecule has 0 saturated heterocycles.